The van der Waals surface area contributed by atoms with Gasteiger partial charge >= 0.3 is 0 Å². The molecule has 0 bridgehead atoms. The maximum absolute atomic E-state index is 13.7. The van der Waals surface area contributed by atoms with Gasteiger partial charge in [0.25, 0.3) is 10.0 Å². The Kier molecular flexibility index (Phi) is 9.84. The quantitative estimate of drug-likeness (QED) is 0.347. The fourth-order valence-electron chi connectivity index (χ4n) is 3.63. The molecule has 0 unspecified atom stereocenters. The third-order valence-electron chi connectivity index (χ3n) is 5.56. The molecular formula is C26H26Cl3N3O4S. The summed E-state index contributed by atoms with van der Waals surface area (Å²) in [6.07, 6.45) is 0. The Morgan fingerprint density at radius 2 is 1.62 bits per heavy atom. The number of carbonyl (C=O) groups excluding carboxylic acids is 2. The van der Waals surface area contributed by atoms with Gasteiger partial charge in [-0.3, -0.25) is 13.9 Å². The van der Waals surface area contributed by atoms with E-state index in [2.05, 4.69) is 5.32 Å². The number of halogens is 3. The van der Waals surface area contributed by atoms with Crippen molar-refractivity contribution in [2.45, 2.75) is 31.3 Å². The lowest BCUT2D eigenvalue weighted by Crippen LogP contribution is -2.51. The van der Waals surface area contributed by atoms with Crippen LogP contribution in [0.25, 0.3) is 0 Å². The van der Waals surface area contributed by atoms with Gasteiger partial charge in [-0.15, -0.1) is 0 Å². The highest BCUT2D eigenvalue weighted by Gasteiger charge is 2.32. The predicted octanol–water partition coefficient (Wildman–Crippen LogP) is 5.40. The van der Waals surface area contributed by atoms with Gasteiger partial charge in [-0.2, -0.15) is 0 Å². The summed E-state index contributed by atoms with van der Waals surface area (Å²) in [5.74, 6) is -0.964. The summed E-state index contributed by atoms with van der Waals surface area (Å²) in [6, 6.07) is 18.0. The van der Waals surface area contributed by atoms with Gasteiger partial charge in [-0.25, -0.2) is 8.42 Å². The molecular weight excluding hydrogens is 557 g/mol. The first-order chi connectivity index (χ1) is 17.5. The Morgan fingerprint density at radius 3 is 2.24 bits per heavy atom. The van der Waals surface area contributed by atoms with E-state index in [4.69, 9.17) is 34.8 Å². The van der Waals surface area contributed by atoms with Crippen LogP contribution in [0.5, 0.6) is 0 Å². The first-order valence-corrected chi connectivity index (χ1v) is 14.0. The summed E-state index contributed by atoms with van der Waals surface area (Å²) in [5.41, 5.74) is 0.837. The van der Waals surface area contributed by atoms with Crippen LogP contribution in [-0.2, 0) is 26.2 Å². The van der Waals surface area contributed by atoms with Gasteiger partial charge in [0.05, 0.1) is 20.6 Å². The number of benzene rings is 3. The zero-order chi connectivity index (χ0) is 27.2. The van der Waals surface area contributed by atoms with E-state index >= 15 is 0 Å². The monoisotopic (exact) mass is 581 g/mol. The standard InChI is InChI=1S/C26H26Cl3N3O4S/c1-3-30-26(34)18(2)31(16-19-8-7-9-20(27)14-19)25(33)17-32(21-12-13-23(28)24(29)15-21)37(35,36)22-10-5-4-6-11-22/h4-15,18H,3,16-17H2,1-2H3,(H,30,34)/t18-/m1/s1. The summed E-state index contributed by atoms with van der Waals surface area (Å²) in [5, 5.41) is 3.55. The molecule has 0 saturated carbocycles. The van der Waals surface area contributed by atoms with E-state index in [-0.39, 0.29) is 33.1 Å². The molecule has 0 fully saturated rings. The minimum absolute atomic E-state index is 0.00737. The van der Waals surface area contributed by atoms with Gasteiger partial charge in [0, 0.05) is 18.1 Å². The second-order valence-electron chi connectivity index (χ2n) is 8.15. The van der Waals surface area contributed by atoms with E-state index in [1.54, 1.807) is 56.3 Å². The van der Waals surface area contributed by atoms with Crippen LogP contribution in [-0.4, -0.2) is 44.3 Å². The van der Waals surface area contributed by atoms with Crippen molar-refractivity contribution in [3.63, 3.8) is 0 Å². The molecule has 7 nitrogen and oxygen atoms in total. The van der Waals surface area contributed by atoms with Crippen LogP contribution in [0.15, 0.2) is 77.7 Å². The molecule has 37 heavy (non-hydrogen) atoms. The fraction of sp³-hybridized carbons (Fsp3) is 0.231. The van der Waals surface area contributed by atoms with Crippen LogP contribution in [0, 0.1) is 0 Å². The molecule has 3 rings (SSSR count). The van der Waals surface area contributed by atoms with Crippen LogP contribution in [0.1, 0.15) is 19.4 Å². The molecule has 3 aromatic rings. The van der Waals surface area contributed by atoms with E-state index in [9.17, 15) is 18.0 Å². The molecule has 0 aliphatic heterocycles. The average molecular weight is 583 g/mol. The van der Waals surface area contributed by atoms with Crippen molar-refractivity contribution in [1.29, 1.82) is 0 Å². The molecule has 11 heteroatoms. The molecule has 0 heterocycles. The first-order valence-electron chi connectivity index (χ1n) is 11.4. The Morgan fingerprint density at radius 1 is 0.919 bits per heavy atom. The minimum Gasteiger partial charge on any atom is -0.355 e. The molecule has 196 valence electrons. The lowest BCUT2D eigenvalue weighted by Gasteiger charge is -2.32. The normalized spacial score (nSPS) is 12.0. The third kappa shape index (κ3) is 7.17. The first kappa shape index (κ1) is 28.8. The zero-order valence-electron chi connectivity index (χ0n) is 20.2. The Balaban J connectivity index is 2.04. The number of carbonyl (C=O) groups is 2. The molecule has 1 atom stereocenters. The molecule has 0 spiro atoms. The number of hydrogen-bond donors (Lipinski definition) is 1. The van der Waals surface area contributed by atoms with Crippen LogP contribution in [0.2, 0.25) is 15.1 Å². The Labute approximate surface area is 232 Å². The van der Waals surface area contributed by atoms with Gasteiger partial charge in [0.2, 0.25) is 11.8 Å². The number of anilines is 1. The van der Waals surface area contributed by atoms with Crippen molar-refractivity contribution >= 4 is 62.3 Å². The number of hydrogen-bond acceptors (Lipinski definition) is 4. The van der Waals surface area contributed by atoms with Gasteiger partial charge < -0.3 is 10.2 Å². The smallest absolute Gasteiger partial charge is 0.264 e. The molecule has 0 aliphatic carbocycles. The molecule has 1 N–H and O–H groups in total. The van der Waals surface area contributed by atoms with E-state index in [1.165, 1.54) is 35.2 Å². The third-order valence-corrected chi connectivity index (χ3v) is 8.32. The van der Waals surface area contributed by atoms with Gasteiger partial charge in [-0.05, 0) is 61.9 Å². The highest BCUT2D eigenvalue weighted by molar-refractivity contribution is 7.92. The highest BCUT2D eigenvalue weighted by atomic mass is 35.5. The second-order valence-corrected chi connectivity index (χ2v) is 11.3. The Bertz CT molecular complexity index is 1370. The molecule has 0 saturated heterocycles. The average Bonchev–Trinajstić information content (AvgIpc) is 2.87. The van der Waals surface area contributed by atoms with Gasteiger partial charge in [0.1, 0.15) is 12.6 Å². The van der Waals surface area contributed by atoms with E-state index in [1.807, 2.05) is 0 Å². The van der Waals surface area contributed by atoms with Crippen molar-refractivity contribution in [3.8, 4) is 0 Å². The molecule has 3 aromatic carbocycles. The fourth-order valence-corrected chi connectivity index (χ4v) is 5.56. The lowest BCUT2D eigenvalue weighted by molar-refractivity contribution is -0.139. The summed E-state index contributed by atoms with van der Waals surface area (Å²) in [7, 11) is -4.19. The minimum atomic E-state index is -4.19. The Hall–Kier alpha value is -2.78. The summed E-state index contributed by atoms with van der Waals surface area (Å²) in [6.45, 7) is 3.19. The van der Waals surface area contributed by atoms with Crippen molar-refractivity contribution in [1.82, 2.24) is 10.2 Å². The molecule has 0 radical (unpaired) electrons. The van der Waals surface area contributed by atoms with Crippen molar-refractivity contribution < 1.29 is 18.0 Å². The molecule has 0 aliphatic rings. The largest absolute Gasteiger partial charge is 0.355 e. The lowest BCUT2D eigenvalue weighted by atomic mass is 10.1. The van der Waals surface area contributed by atoms with Crippen molar-refractivity contribution in [3.05, 3.63) is 93.4 Å². The number of nitrogens with one attached hydrogen (secondary N) is 1. The number of likely N-dealkylation sites (N-methyl/N-ethyl adjacent to an activating group) is 1. The maximum atomic E-state index is 13.7. The zero-order valence-corrected chi connectivity index (χ0v) is 23.3. The van der Waals surface area contributed by atoms with E-state index < -0.39 is 28.5 Å². The van der Waals surface area contributed by atoms with Crippen LogP contribution in [0.4, 0.5) is 5.69 Å². The number of sulfonamides is 1. The molecule has 0 aromatic heterocycles. The molecule has 2 amide bonds. The van der Waals surface area contributed by atoms with E-state index in [0.717, 1.165) is 4.31 Å². The number of rotatable bonds is 10. The van der Waals surface area contributed by atoms with E-state index in [0.29, 0.717) is 17.1 Å². The number of amides is 2. The van der Waals surface area contributed by atoms with Crippen molar-refractivity contribution in [2.24, 2.45) is 0 Å². The van der Waals surface area contributed by atoms with Crippen LogP contribution >= 0.6 is 34.8 Å². The summed E-state index contributed by atoms with van der Waals surface area (Å²) >= 11 is 18.4. The van der Waals surface area contributed by atoms with Gasteiger partial charge in [-0.1, -0.05) is 65.1 Å². The predicted molar refractivity (Wildman–Crippen MR) is 148 cm³/mol. The highest BCUT2D eigenvalue weighted by Crippen LogP contribution is 2.31. The summed E-state index contributed by atoms with van der Waals surface area (Å²) < 4.78 is 28.3. The van der Waals surface area contributed by atoms with Crippen LogP contribution < -0.4 is 9.62 Å². The van der Waals surface area contributed by atoms with Gasteiger partial charge in [0.15, 0.2) is 0 Å². The number of nitrogens with zero attached hydrogens (tertiary/aromatic N) is 2. The van der Waals surface area contributed by atoms with Crippen molar-refractivity contribution in [2.75, 3.05) is 17.4 Å². The topological polar surface area (TPSA) is 86.8 Å². The SMILES string of the molecule is CCNC(=O)[C@@H](C)N(Cc1cccc(Cl)c1)C(=O)CN(c1ccc(Cl)c(Cl)c1)S(=O)(=O)c1ccccc1. The second kappa shape index (κ2) is 12.6. The van der Waals surface area contributed by atoms with Crippen LogP contribution in [0.3, 0.4) is 0 Å². The summed E-state index contributed by atoms with van der Waals surface area (Å²) in [4.78, 5) is 27.8. The maximum Gasteiger partial charge on any atom is 0.264 e.